The molecular formula is C15H23N3O2. The van der Waals surface area contributed by atoms with Gasteiger partial charge < -0.3 is 25.4 Å². The first kappa shape index (κ1) is 13.4. The van der Waals surface area contributed by atoms with Crippen LogP contribution in [0, 0.1) is 5.92 Å². The van der Waals surface area contributed by atoms with Crippen LogP contribution in [0.15, 0.2) is 12.1 Å². The van der Waals surface area contributed by atoms with E-state index in [0.29, 0.717) is 19.1 Å². The molecule has 1 saturated heterocycles. The smallest absolute Gasteiger partial charge is 0.163 e. The standard InChI is InChI=1S/C15H23N3O2/c1-2-18-4-3-11(10-18)9-17-13-8-15-14(7-12(13)16)19-5-6-20-15/h7-8,11,17H,2-6,9-10,16H2,1H3. The summed E-state index contributed by atoms with van der Waals surface area (Å²) in [6.45, 7) is 7.89. The SMILES string of the molecule is CCN1CCC(CNc2cc3c(cc2N)OCCO3)C1. The molecule has 0 radical (unpaired) electrons. The summed E-state index contributed by atoms with van der Waals surface area (Å²) in [4.78, 5) is 2.49. The van der Waals surface area contributed by atoms with Crippen molar-refractivity contribution in [1.29, 1.82) is 0 Å². The number of rotatable bonds is 4. The zero-order valence-corrected chi connectivity index (χ0v) is 12.0. The summed E-state index contributed by atoms with van der Waals surface area (Å²) in [7, 11) is 0. The van der Waals surface area contributed by atoms with Crippen LogP contribution in [-0.4, -0.2) is 44.3 Å². The Bertz CT molecular complexity index is 478. The Morgan fingerprint density at radius 1 is 1.30 bits per heavy atom. The molecule has 110 valence electrons. The molecule has 1 aromatic carbocycles. The van der Waals surface area contributed by atoms with Gasteiger partial charge in [-0.1, -0.05) is 6.92 Å². The third-order valence-corrected chi connectivity index (χ3v) is 4.11. The van der Waals surface area contributed by atoms with Crippen LogP contribution < -0.4 is 20.5 Å². The molecule has 1 unspecified atom stereocenters. The van der Waals surface area contributed by atoms with Gasteiger partial charge in [0.15, 0.2) is 11.5 Å². The van der Waals surface area contributed by atoms with E-state index in [1.165, 1.54) is 19.5 Å². The third kappa shape index (κ3) is 2.77. The fraction of sp³-hybridized carbons (Fsp3) is 0.600. The summed E-state index contributed by atoms with van der Waals surface area (Å²) in [6.07, 6.45) is 1.26. The topological polar surface area (TPSA) is 59.8 Å². The lowest BCUT2D eigenvalue weighted by molar-refractivity contribution is 0.172. The Morgan fingerprint density at radius 2 is 2.05 bits per heavy atom. The van der Waals surface area contributed by atoms with Gasteiger partial charge in [-0.25, -0.2) is 0 Å². The van der Waals surface area contributed by atoms with Crippen molar-refractivity contribution in [1.82, 2.24) is 4.90 Å². The summed E-state index contributed by atoms with van der Waals surface area (Å²) in [6, 6.07) is 3.81. The Balaban J connectivity index is 1.63. The van der Waals surface area contributed by atoms with Gasteiger partial charge in [0, 0.05) is 25.2 Å². The number of benzene rings is 1. The molecule has 0 amide bonds. The highest BCUT2D eigenvalue weighted by Crippen LogP contribution is 2.37. The van der Waals surface area contributed by atoms with E-state index in [1.54, 1.807) is 0 Å². The molecule has 3 N–H and O–H groups in total. The number of nitrogens with one attached hydrogen (secondary N) is 1. The number of anilines is 2. The molecule has 1 aromatic rings. The van der Waals surface area contributed by atoms with Crippen molar-refractivity contribution < 1.29 is 9.47 Å². The maximum atomic E-state index is 6.07. The summed E-state index contributed by atoms with van der Waals surface area (Å²) in [5.41, 5.74) is 7.74. The van der Waals surface area contributed by atoms with E-state index in [9.17, 15) is 0 Å². The van der Waals surface area contributed by atoms with Crippen LogP contribution >= 0.6 is 0 Å². The number of hydrogen-bond donors (Lipinski definition) is 2. The zero-order valence-electron chi connectivity index (χ0n) is 12.0. The van der Waals surface area contributed by atoms with E-state index in [1.807, 2.05) is 12.1 Å². The van der Waals surface area contributed by atoms with Crippen molar-refractivity contribution in [2.24, 2.45) is 5.92 Å². The molecule has 0 bridgehead atoms. The largest absolute Gasteiger partial charge is 0.486 e. The number of fused-ring (bicyclic) bond motifs is 1. The van der Waals surface area contributed by atoms with E-state index in [2.05, 4.69) is 17.1 Å². The zero-order chi connectivity index (χ0) is 13.9. The molecule has 1 fully saturated rings. The first-order valence-electron chi connectivity index (χ1n) is 7.41. The average molecular weight is 277 g/mol. The highest BCUT2D eigenvalue weighted by Gasteiger charge is 2.21. The Hall–Kier alpha value is -1.62. The molecule has 5 heteroatoms. The van der Waals surface area contributed by atoms with E-state index in [4.69, 9.17) is 15.2 Å². The molecule has 20 heavy (non-hydrogen) atoms. The second-order valence-electron chi connectivity index (χ2n) is 5.51. The molecule has 5 nitrogen and oxygen atoms in total. The molecular weight excluding hydrogens is 254 g/mol. The highest BCUT2D eigenvalue weighted by molar-refractivity contribution is 5.72. The lowest BCUT2D eigenvalue weighted by Gasteiger charge is -2.21. The van der Waals surface area contributed by atoms with Crippen molar-refractivity contribution >= 4 is 11.4 Å². The van der Waals surface area contributed by atoms with Gasteiger partial charge in [0.25, 0.3) is 0 Å². The summed E-state index contributed by atoms with van der Waals surface area (Å²) in [5, 5.41) is 3.46. The van der Waals surface area contributed by atoms with Gasteiger partial charge in [-0.15, -0.1) is 0 Å². The molecule has 3 rings (SSSR count). The molecule has 2 aliphatic heterocycles. The molecule has 2 heterocycles. The van der Waals surface area contributed by atoms with Crippen LogP contribution in [-0.2, 0) is 0 Å². The second kappa shape index (κ2) is 5.79. The minimum atomic E-state index is 0.591. The minimum Gasteiger partial charge on any atom is -0.486 e. The lowest BCUT2D eigenvalue weighted by atomic mass is 10.1. The first-order chi connectivity index (χ1) is 9.76. The van der Waals surface area contributed by atoms with Crippen molar-refractivity contribution in [3.8, 4) is 11.5 Å². The maximum Gasteiger partial charge on any atom is 0.163 e. The predicted molar refractivity (Wildman–Crippen MR) is 80.6 cm³/mol. The maximum absolute atomic E-state index is 6.07. The molecule has 0 spiro atoms. The average Bonchev–Trinajstić information content (AvgIpc) is 2.93. The van der Waals surface area contributed by atoms with Gasteiger partial charge >= 0.3 is 0 Å². The van der Waals surface area contributed by atoms with Crippen molar-refractivity contribution in [2.45, 2.75) is 13.3 Å². The fourth-order valence-electron chi connectivity index (χ4n) is 2.88. The summed E-state index contributed by atoms with van der Waals surface area (Å²) >= 11 is 0. The van der Waals surface area contributed by atoms with Gasteiger partial charge in [0.1, 0.15) is 13.2 Å². The summed E-state index contributed by atoms with van der Waals surface area (Å²) < 4.78 is 11.1. The molecule has 2 aliphatic rings. The highest BCUT2D eigenvalue weighted by atomic mass is 16.6. The molecule has 1 atom stereocenters. The summed E-state index contributed by atoms with van der Waals surface area (Å²) in [5.74, 6) is 2.23. The number of nitrogens with zero attached hydrogens (tertiary/aromatic N) is 1. The van der Waals surface area contributed by atoms with Crippen LogP contribution in [0.2, 0.25) is 0 Å². The normalized spacial score (nSPS) is 21.9. The van der Waals surface area contributed by atoms with Crippen molar-refractivity contribution in [3.63, 3.8) is 0 Å². The minimum absolute atomic E-state index is 0.591. The lowest BCUT2D eigenvalue weighted by Crippen LogP contribution is -2.22. The molecule has 0 saturated carbocycles. The van der Waals surface area contributed by atoms with Crippen LogP contribution in [0.1, 0.15) is 13.3 Å². The fourth-order valence-corrected chi connectivity index (χ4v) is 2.88. The van der Waals surface area contributed by atoms with Gasteiger partial charge in [0.05, 0.1) is 11.4 Å². The predicted octanol–water partition coefficient (Wildman–Crippen LogP) is 1.79. The number of hydrogen-bond acceptors (Lipinski definition) is 5. The van der Waals surface area contributed by atoms with Crippen LogP contribution in [0.25, 0.3) is 0 Å². The van der Waals surface area contributed by atoms with Crippen molar-refractivity contribution in [2.75, 3.05) is 50.4 Å². The Morgan fingerprint density at radius 3 is 2.75 bits per heavy atom. The Kier molecular flexibility index (Phi) is 3.87. The monoisotopic (exact) mass is 277 g/mol. The van der Waals surface area contributed by atoms with Crippen LogP contribution in [0.4, 0.5) is 11.4 Å². The number of nitrogen functional groups attached to an aromatic ring is 1. The van der Waals surface area contributed by atoms with Gasteiger partial charge in [-0.2, -0.15) is 0 Å². The quantitative estimate of drug-likeness (QED) is 0.822. The first-order valence-corrected chi connectivity index (χ1v) is 7.41. The Labute approximate surface area is 120 Å². The molecule has 0 aliphatic carbocycles. The van der Waals surface area contributed by atoms with E-state index >= 15 is 0 Å². The van der Waals surface area contributed by atoms with Gasteiger partial charge in [0.2, 0.25) is 0 Å². The number of likely N-dealkylation sites (tertiary alicyclic amines) is 1. The molecule has 0 aromatic heterocycles. The van der Waals surface area contributed by atoms with Gasteiger partial charge in [-0.05, 0) is 25.4 Å². The number of nitrogens with two attached hydrogens (primary N) is 1. The van der Waals surface area contributed by atoms with E-state index in [-0.39, 0.29) is 0 Å². The number of ether oxygens (including phenoxy) is 2. The third-order valence-electron chi connectivity index (χ3n) is 4.11. The van der Waals surface area contributed by atoms with E-state index < -0.39 is 0 Å². The second-order valence-corrected chi connectivity index (χ2v) is 5.51. The van der Waals surface area contributed by atoms with E-state index in [0.717, 1.165) is 36.0 Å². The van der Waals surface area contributed by atoms with Crippen LogP contribution in [0.3, 0.4) is 0 Å². The van der Waals surface area contributed by atoms with Gasteiger partial charge in [-0.3, -0.25) is 0 Å². The van der Waals surface area contributed by atoms with Crippen molar-refractivity contribution in [3.05, 3.63) is 12.1 Å². The van der Waals surface area contributed by atoms with Crippen LogP contribution in [0.5, 0.6) is 11.5 Å².